The molecule has 1 aliphatic carbocycles. The van der Waals surface area contributed by atoms with E-state index in [1.54, 1.807) is 0 Å². The summed E-state index contributed by atoms with van der Waals surface area (Å²) in [5, 5.41) is 2.37. The molecule has 0 N–H and O–H groups in total. The van der Waals surface area contributed by atoms with Crippen molar-refractivity contribution in [1.29, 1.82) is 0 Å². The number of thiocarbonyl (C=S) groups is 1. The molecule has 0 radical (unpaired) electrons. The zero-order valence-corrected chi connectivity index (χ0v) is 10.3. The molecule has 16 heavy (non-hydrogen) atoms. The van der Waals surface area contributed by atoms with Crippen molar-refractivity contribution in [2.45, 2.75) is 38.3 Å². The highest BCUT2D eigenvalue weighted by Gasteiger charge is 2.42. The quantitative estimate of drug-likeness (QED) is 0.558. The van der Waals surface area contributed by atoms with Gasteiger partial charge in [-0.3, -0.25) is 0 Å². The first-order chi connectivity index (χ1) is 7.62. The number of fused-ring (bicyclic) bond motifs is 1. The van der Waals surface area contributed by atoms with Gasteiger partial charge in [-0.25, -0.2) is 4.99 Å². The first-order valence-corrected chi connectivity index (χ1v) is 5.80. The summed E-state index contributed by atoms with van der Waals surface area (Å²) in [5.41, 5.74) is 1.21. The molecule has 0 aromatic rings. The fraction of sp³-hybridized carbons (Fsp3) is 0.583. The Morgan fingerprint density at radius 1 is 1.50 bits per heavy atom. The third-order valence-corrected chi connectivity index (χ3v) is 2.81. The normalized spacial score (nSPS) is 30.5. The van der Waals surface area contributed by atoms with Gasteiger partial charge in [0.05, 0.1) is 11.7 Å². The second-order valence-electron chi connectivity index (χ2n) is 4.37. The maximum Gasteiger partial charge on any atom is 0.164 e. The molecule has 2 atom stereocenters. The molecule has 0 aromatic heterocycles. The van der Waals surface area contributed by atoms with Crippen LogP contribution in [0.15, 0.2) is 28.8 Å². The Morgan fingerprint density at radius 3 is 3.06 bits per heavy atom. The van der Waals surface area contributed by atoms with Crippen molar-refractivity contribution in [2.24, 2.45) is 4.99 Å². The summed E-state index contributed by atoms with van der Waals surface area (Å²) in [4.78, 5) is 3.92. The standard InChI is InChI=1S/C12H15NO2S/c1-12(2)14-10-5-3-4-9(11(10)15-12)6-7-13-8-16/h3-5,10-11H,6-7H2,1-2H3/t10-,11+/m0/s1. The first-order valence-electron chi connectivity index (χ1n) is 5.39. The third-order valence-electron chi connectivity index (χ3n) is 2.68. The van der Waals surface area contributed by atoms with Gasteiger partial charge in [-0.15, -0.1) is 0 Å². The predicted molar refractivity (Wildman–Crippen MR) is 65.6 cm³/mol. The van der Waals surface area contributed by atoms with Crippen LogP contribution < -0.4 is 0 Å². The summed E-state index contributed by atoms with van der Waals surface area (Å²) >= 11 is 4.54. The lowest BCUT2D eigenvalue weighted by Gasteiger charge is -2.20. The number of aliphatic imine (C=N–C) groups is 1. The second-order valence-corrected chi connectivity index (χ2v) is 4.55. The molecule has 0 amide bonds. The molecule has 0 aromatic carbocycles. The van der Waals surface area contributed by atoms with Crippen LogP contribution in [0.5, 0.6) is 0 Å². The minimum absolute atomic E-state index is 0.0281. The number of hydrogen-bond donors (Lipinski definition) is 0. The Kier molecular flexibility index (Phi) is 3.36. The predicted octanol–water partition coefficient (Wildman–Crippen LogP) is 2.50. The Balaban J connectivity index is 2.06. The maximum atomic E-state index is 5.87. The zero-order chi connectivity index (χ0) is 11.6. The summed E-state index contributed by atoms with van der Waals surface area (Å²) in [6.45, 7) is 4.54. The van der Waals surface area contributed by atoms with Crippen LogP contribution in [0.3, 0.4) is 0 Å². The van der Waals surface area contributed by atoms with E-state index in [-0.39, 0.29) is 12.2 Å². The molecular weight excluding hydrogens is 222 g/mol. The van der Waals surface area contributed by atoms with Gasteiger partial charge in [-0.2, -0.15) is 0 Å². The highest BCUT2D eigenvalue weighted by Crippen LogP contribution is 2.35. The lowest BCUT2D eigenvalue weighted by atomic mass is 9.97. The molecule has 1 heterocycles. The van der Waals surface area contributed by atoms with Crippen LogP contribution in [0, 0.1) is 0 Å². The van der Waals surface area contributed by atoms with Crippen LogP contribution in [0.25, 0.3) is 0 Å². The fourth-order valence-electron chi connectivity index (χ4n) is 2.06. The van der Waals surface area contributed by atoms with Crippen molar-refractivity contribution in [1.82, 2.24) is 0 Å². The van der Waals surface area contributed by atoms with Gasteiger partial charge in [-0.1, -0.05) is 18.2 Å². The number of isothiocyanates is 1. The van der Waals surface area contributed by atoms with Crippen molar-refractivity contribution in [2.75, 3.05) is 6.54 Å². The van der Waals surface area contributed by atoms with E-state index in [2.05, 4.69) is 28.4 Å². The van der Waals surface area contributed by atoms with E-state index >= 15 is 0 Å². The number of nitrogens with zero attached hydrogens (tertiary/aromatic N) is 1. The lowest BCUT2D eigenvalue weighted by Crippen LogP contribution is -2.25. The molecule has 0 bridgehead atoms. The zero-order valence-electron chi connectivity index (χ0n) is 9.47. The first kappa shape index (κ1) is 11.7. The Hall–Kier alpha value is -0.800. The van der Waals surface area contributed by atoms with E-state index < -0.39 is 5.79 Å². The second kappa shape index (κ2) is 4.60. The Bertz CT molecular complexity index is 380. The van der Waals surface area contributed by atoms with Crippen LogP contribution in [-0.2, 0) is 9.47 Å². The van der Waals surface area contributed by atoms with Crippen molar-refractivity contribution in [3.63, 3.8) is 0 Å². The van der Waals surface area contributed by atoms with Crippen LogP contribution in [-0.4, -0.2) is 29.7 Å². The molecule has 1 saturated heterocycles. The Labute approximate surface area is 101 Å². The summed E-state index contributed by atoms with van der Waals surface area (Å²) in [6, 6.07) is 0. The molecule has 0 spiro atoms. The Morgan fingerprint density at radius 2 is 2.31 bits per heavy atom. The van der Waals surface area contributed by atoms with Crippen molar-refractivity contribution in [3.8, 4) is 0 Å². The van der Waals surface area contributed by atoms with E-state index in [9.17, 15) is 0 Å². The molecule has 4 heteroatoms. The third kappa shape index (κ3) is 2.47. The highest BCUT2D eigenvalue weighted by molar-refractivity contribution is 7.78. The van der Waals surface area contributed by atoms with E-state index in [1.807, 2.05) is 26.0 Å². The number of rotatable bonds is 3. The van der Waals surface area contributed by atoms with Gasteiger partial charge in [0.1, 0.15) is 12.2 Å². The molecule has 3 nitrogen and oxygen atoms in total. The van der Waals surface area contributed by atoms with Gasteiger partial charge in [0.2, 0.25) is 0 Å². The van der Waals surface area contributed by atoms with Gasteiger partial charge in [0.25, 0.3) is 0 Å². The molecule has 0 unspecified atom stereocenters. The molecule has 2 rings (SSSR count). The summed E-state index contributed by atoms with van der Waals surface area (Å²) < 4.78 is 11.6. The number of ether oxygens (including phenoxy) is 2. The molecule has 2 aliphatic rings. The average molecular weight is 237 g/mol. The van der Waals surface area contributed by atoms with Crippen molar-refractivity contribution >= 4 is 17.4 Å². The van der Waals surface area contributed by atoms with Gasteiger partial charge in [-0.05, 0) is 38.1 Å². The largest absolute Gasteiger partial charge is 0.340 e. The van der Waals surface area contributed by atoms with E-state index in [0.29, 0.717) is 6.54 Å². The van der Waals surface area contributed by atoms with Crippen LogP contribution in [0.2, 0.25) is 0 Å². The van der Waals surface area contributed by atoms with Crippen LogP contribution >= 0.6 is 12.2 Å². The average Bonchev–Trinajstić information content (AvgIpc) is 2.53. The minimum Gasteiger partial charge on any atom is -0.340 e. The summed E-state index contributed by atoms with van der Waals surface area (Å²) in [7, 11) is 0. The van der Waals surface area contributed by atoms with Gasteiger partial charge >= 0.3 is 0 Å². The van der Waals surface area contributed by atoms with Crippen molar-refractivity contribution in [3.05, 3.63) is 23.8 Å². The summed E-state index contributed by atoms with van der Waals surface area (Å²) in [6.07, 6.45) is 7.03. The van der Waals surface area contributed by atoms with Gasteiger partial charge in [0, 0.05) is 0 Å². The molecular formula is C12H15NO2S. The molecule has 1 aliphatic heterocycles. The SMILES string of the molecule is CC1(C)O[C@H]2C=CC=C(CCN=C=S)[C@H]2O1. The van der Waals surface area contributed by atoms with Gasteiger partial charge < -0.3 is 9.47 Å². The number of allylic oxidation sites excluding steroid dienone is 2. The van der Waals surface area contributed by atoms with Gasteiger partial charge in [0.15, 0.2) is 5.79 Å². The smallest absolute Gasteiger partial charge is 0.164 e. The topological polar surface area (TPSA) is 30.8 Å². The molecule has 0 saturated carbocycles. The highest BCUT2D eigenvalue weighted by atomic mass is 32.1. The molecule has 1 fully saturated rings. The van der Waals surface area contributed by atoms with E-state index in [4.69, 9.17) is 9.47 Å². The summed E-state index contributed by atoms with van der Waals surface area (Å²) in [5.74, 6) is -0.503. The van der Waals surface area contributed by atoms with E-state index in [0.717, 1.165) is 6.42 Å². The van der Waals surface area contributed by atoms with Crippen LogP contribution in [0.4, 0.5) is 0 Å². The van der Waals surface area contributed by atoms with Crippen LogP contribution in [0.1, 0.15) is 20.3 Å². The maximum absolute atomic E-state index is 5.87. The van der Waals surface area contributed by atoms with E-state index in [1.165, 1.54) is 5.57 Å². The fourth-order valence-corrected chi connectivity index (χ4v) is 2.15. The lowest BCUT2D eigenvalue weighted by molar-refractivity contribution is -0.139. The molecule has 86 valence electrons. The van der Waals surface area contributed by atoms with Crippen molar-refractivity contribution < 1.29 is 9.47 Å². The monoisotopic (exact) mass is 237 g/mol. The number of hydrogen-bond acceptors (Lipinski definition) is 4. The minimum atomic E-state index is -0.503.